The van der Waals surface area contributed by atoms with E-state index in [4.69, 9.17) is 5.10 Å². The van der Waals surface area contributed by atoms with E-state index in [9.17, 15) is 0 Å². The Hall–Kier alpha value is -2.61. The lowest BCUT2D eigenvalue weighted by molar-refractivity contribution is 0.198. The van der Waals surface area contributed by atoms with E-state index in [1.54, 1.807) is 0 Å². The van der Waals surface area contributed by atoms with E-state index in [0.717, 1.165) is 74.4 Å². The maximum Gasteiger partial charge on any atom is 0.178 e. The highest BCUT2D eigenvalue weighted by molar-refractivity contribution is 5.47. The Bertz CT molecular complexity index is 940. The number of piperidine rings is 1. The zero-order chi connectivity index (χ0) is 18.2. The molecule has 0 aromatic carbocycles. The van der Waals surface area contributed by atoms with Gasteiger partial charge in [-0.1, -0.05) is 0 Å². The van der Waals surface area contributed by atoms with Crippen LogP contribution in [0.5, 0.6) is 0 Å². The lowest BCUT2D eigenvalue weighted by Gasteiger charge is -2.32. The Morgan fingerprint density at radius 3 is 2.63 bits per heavy atom. The van der Waals surface area contributed by atoms with Gasteiger partial charge < -0.3 is 4.90 Å². The van der Waals surface area contributed by atoms with Crippen LogP contribution in [-0.2, 0) is 6.54 Å². The minimum Gasteiger partial charge on any atom is -0.355 e. The third-order valence-electron chi connectivity index (χ3n) is 5.62. The first kappa shape index (κ1) is 16.6. The van der Waals surface area contributed by atoms with Gasteiger partial charge in [-0.25, -0.2) is 9.97 Å². The van der Waals surface area contributed by atoms with Gasteiger partial charge in [0.05, 0.1) is 5.69 Å². The first-order chi connectivity index (χ1) is 13.3. The van der Waals surface area contributed by atoms with Crippen molar-refractivity contribution in [3.63, 3.8) is 0 Å². The molecule has 3 aromatic rings. The highest BCUT2D eigenvalue weighted by atomic mass is 15.4. The zero-order valence-corrected chi connectivity index (χ0v) is 15.6. The van der Waals surface area contributed by atoms with Gasteiger partial charge in [-0.15, -0.1) is 15.3 Å². The number of nitrogens with zero attached hydrogens (tertiary/aromatic N) is 8. The van der Waals surface area contributed by atoms with E-state index >= 15 is 0 Å². The molecule has 0 amide bonds. The molecule has 5 heterocycles. The van der Waals surface area contributed by atoms with Crippen LogP contribution in [0.1, 0.15) is 42.5 Å². The molecular weight excluding hydrogens is 340 g/mol. The summed E-state index contributed by atoms with van der Waals surface area (Å²) in [5, 5.41) is 13.6. The van der Waals surface area contributed by atoms with Crippen molar-refractivity contribution < 1.29 is 0 Å². The molecule has 0 saturated carbocycles. The van der Waals surface area contributed by atoms with Gasteiger partial charge in [0.1, 0.15) is 11.6 Å². The molecule has 0 atom stereocenters. The van der Waals surface area contributed by atoms with Crippen molar-refractivity contribution in [2.45, 2.75) is 38.6 Å². The fraction of sp³-hybridized carbons (Fsp3) is 0.526. The van der Waals surface area contributed by atoms with Gasteiger partial charge in [-0.05, 0) is 57.5 Å². The fourth-order valence-electron chi connectivity index (χ4n) is 3.94. The third-order valence-corrected chi connectivity index (χ3v) is 5.62. The Morgan fingerprint density at radius 2 is 1.89 bits per heavy atom. The predicted octanol–water partition coefficient (Wildman–Crippen LogP) is 1.81. The molecule has 5 rings (SSSR count). The van der Waals surface area contributed by atoms with Crippen molar-refractivity contribution in [2.24, 2.45) is 0 Å². The van der Waals surface area contributed by atoms with Crippen LogP contribution in [0.4, 0.5) is 5.82 Å². The number of hydrogen-bond acceptors (Lipinski definition) is 7. The summed E-state index contributed by atoms with van der Waals surface area (Å²) in [4.78, 5) is 13.5. The van der Waals surface area contributed by atoms with E-state index in [1.807, 2.05) is 29.8 Å². The summed E-state index contributed by atoms with van der Waals surface area (Å²) in [7, 11) is 0. The minimum absolute atomic E-state index is 0.405. The molecule has 0 N–H and O–H groups in total. The van der Waals surface area contributed by atoms with Crippen LogP contribution in [-0.4, -0.2) is 60.9 Å². The topological polar surface area (TPSA) is 75.3 Å². The molecule has 0 spiro atoms. The van der Waals surface area contributed by atoms with Crippen LogP contribution < -0.4 is 4.90 Å². The van der Waals surface area contributed by atoms with Gasteiger partial charge in [-0.2, -0.15) is 4.52 Å². The highest BCUT2D eigenvalue weighted by Gasteiger charge is 2.26. The molecule has 0 unspecified atom stereocenters. The maximum atomic E-state index is 4.82. The monoisotopic (exact) mass is 364 g/mol. The van der Waals surface area contributed by atoms with Crippen LogP contribution in [0.25, 0.3) is 5.65 Å². The van der Waals surface area contributed by atoms with Crippen LogP contribution >= 0.6 is 0 Å². The molecule has 2 saturated heterocycles. The van der Waals surface area contributed by atoms with Gasteiger partial charge in [0, 0.05) is 31.7 Å². The van der Waals surface area contributed by atoms with Crippen molar-refractivity contribution in [1.29, 1.82) is 0 Å². The number of fused-ring (bicyclic) bond motifs is 1. The van der Waals surface area contributed by atoms with Gasteiger partial charge in [0.25, 0.3) is 0 Å². The van der Waals surface area contributed by atoms with Crippen LogP contribution in [0.2, 0.25) is 0 Å². The molecule has 0 bridgehead atoms. The molecule has 2 fully saturated rings. The molecular formula is C19H24N8. The quantitative estimate of drug-likeness (QED) is 0.699. The molecule has 0 aliphatic carbocycles. The zero-order valence-electron chi connectivity index (χ0n) is 15.6. The van der Waals surface area contributed by atoms with Crippen molar-refractivity contribution in [3.8, 4) is 0 Å². The van der Waals surface area contributed by atoms with Gasteiger partial charge >= 0.3 is 0 Å². The van der Waals surface area contributed by atoms with Crippen molar-refractivity contribution in [1.82, 2.24) is 34.7 Å². The standard InChI is InChI=1S/C19H24N8/c1-14-20-8-5-16(21-14)13-25-11-6-15(7-12-25)19-23-22-17-3-4-18(24-27(17)19)26-9-2-10-26/h3-5,8,15H,2,6-7,9-13H2,1H3. The summed E-state index contributed by atoms with van der Waals surface area (Å²) in [6.07, 6.45) is 5.23. The van der Waals surface area contributed by atoms with Crippen molar-refractivity contribution in [3.05, 3.63) is 41.7 Å². The fourth-order valence-corrected chi connectivity index (χ4v) is 3.94. The molecule has 3 aromatic heterocycles. The van der Waals surface area contributed by atoms with E-state index in [-0.39, 0.29) is 0 Å². The number of hydrogen-bond donors (Lipinski definition) is 0. The summed E-state index contributed by atoms with van der Waals surface area (Å²) in [5.74, 6) is 3.28. The SMILES string of the molecule is Cc1nccc(CN2CCC(c3nnc4ccc(N5CCC5)nn34)CC2)n1. The van der Waals surface area contributed by atoms with Crippen molar-refractivity contribution >= 4 is 11.5 Å². The van der Waals surface area contributed by atoms with Crippen molar-refractivity contribution in [2.75, 3.05) is 31.1 Å². The summed E-state index contributed by atoms with van der Waals surface area (Å²) in [6.45, 7) is 7.08. The Kier molecular flexibility index (Phi) is 4.20. The average Bonchev–Trinajstić information content (AvgIpc) is 3.04. The Morgan fingerprint density at radius 1 is 1.04 bits per heavy atom. The van der Waals surface area contributed by atoms with Gasteiger partial charge in [-0.3, -0.25) is 4.90 Å². The van der Waals surface area contributed by atoms with E-state index in [1.165, 1.54) is 6.42 Å². The summed E-state index contributed by atoms with van der Waals surface area (Å²) in [5.41, 5.74) is 1.93. The molecule has 2 aliphatic rings. The van der Waals surface area contributed by atoms with Gasteiger partial charge in [0.15, 0.2) is 11.5 Å². The Labute approximate surface area is 158 Å². The van der Waals surface area contributed by atoms with Crippen LogP contribution in [0.3, 0.4) is 0 Å². The largest absolute Gasteiger partial charge is 0.355 e. The molecule has 27 heavy (non-hydrogen) atoms. The Balaban J connectivity index is 1.29. The van der Waals surface area contributed by atoms with Crippen LogP contribution in [0.15, 0.2) is 24.4 Å². The van der Waals surface area contributed by atoms with Crippen LogP contribution in [0, 0.1) is 6.92 Å². The second kappa shape index (κ2) is 6.84. The molecule has 8 nitrogen and oxygen atoms in total. The number of aryl methyl sites for hydroxylation is 1. The second-order valence-electron chi connectivity index (χ2n) is 7.51. The first-order valence-electron chi connectivity index (χ1n) is 9.74. The number of rotatable bonds is 4. The lowest BCUT2D eigenvalue weighted by Crippen LogP contribution is -2.38. The minimum atomic E-state index is 0.405. The summed E-state index contributed by atoms with van der Waals surface area (Å²) >= 11 is 0. The molecule has 2 aliphatic heterocycles. The molecule has 0 radical (unpaired) electrons. The molecule has 140 valence electrons. The number of aromatic nitrogens is 6. The predicted molar refractivity (Wildman–Crippen MR) is 102 cm³/mol. The van der Waals surface area contributed by atoms with E-state index in [0.29, 0.717) is 5.92 Å². The third kappa shape index (κ3) is 3.25. The highest BCUT2D eigenvalue weighted by Crippen LogP contribution is 2.28. The smallest absolute Gasteiger partial charge is 0.178 e. The summed E-state index contributed by atoms with van der Waals surface area (Å²) in [6, 6.07) is 6.09. The number of likely N-dealkylation sites (tertiary alicyclic amines) is 1. The van der Waals surface area contributed by atoms with E-state index < -0.39 is 0 Å². The number of anilines is 1. The summed E-state index contributed by atoms with van der Waals surface area (Å²) < 4.78 is 1.96. The normalized spacial score (nSPS) is 18.8. The lowest BCUT2D eigenvalue weighted by atomic mass is 9.96. The van der Waals surface area contributed by atoms with E-state index in [2.05, 4.69) is 36.0 Å². The maximum absolute atomic E-state index is 4.82. The first-order valence-corrected chi connectivity index (χ1v) is 9.74. The van der Waals surface area contributed by atoms with Gasteiger partial charge in [0.2, 0.25) is 0 Å². The molecule has 8 heteroatoms. The second-order valence-corrected chi connectivity index (χ2v) is 7.51. The average molecular weight is 364 g/mol.